The molecule has 3 N–H and O–H groups in total. The lowest BCUT2D eigenvalue weighted by Crippen LogP contribution is -2.37. The maximum absolute atomic E-state index is 12.4. The molecule has 3 aromatic rings. The molecule has 168 valence electrons. The Morgan fingerprint density at radius 1 is 1.19 bits per heavy atom. The molecular weight excluding hydrogens is 406 g/mol. The van der Waals surface area contributed by atoms with E-state index in [1.54, 1.807) is 0 Å². The van der Waals surface area contributed by atoms with Gasteiger partial charge in [-0.05, 0) is 76.3 Å². The highest BCUT2D eigenvalue weighted by Gasteiger charge is 2.32. The van der Waals surface area contributed by atoms with Gasteiger partial charge >= 0.3 is 5.97 Å². The highest BCUT2D eigenvalue weighted by molar-refractivity contribution is 5.93. The Morgan fingerprint density at radius 2 is 1.97 bits per heavy atom. The molecule has 0 radical (unpaired) electrons. The van der Waals surface area contributed by atoms with Crippen molar-refractivity contribution in [3.8, 4) is 17.0 Å². The molecule has 0 amide bonds. The number of carboxylic acid groups (broad SMARTS) is 1. The van der Waals surface area contributed by atoms with Crippen LogP contribution in [0, 0.1) is 0 Å². The van der Waals surface area contributed by atoms with Gasteiger partial charge in [-0.2, -0.15) is 0 Å². The van der Waals surface area contributed by atoms with Crippen molar-refractivity contribution >= 4 is 16.9 Å². The number of likely N-dealkylation sites (tertiary alicyclic amines) is 1. The van der Waals surface area contributed by atoms with Crippen LogP contribution in [0.1, 0.15) is 60.3 Å². The summed E-state index contributed by atoms with van der Waals surface area (Å²) in [6.45, 7) is 6.59. The van der Waals surface area contributed by atoms with Gasteiger partial charge in [0.25, 0.3) is 5.56 Å². The Morgan fingerprint density at radius 3 is 2.66 bits per heavy atom. The molecule has 0 unspecified atom stereocenters. The van der Waals surface area contributed by atoms with Crippen LogP contribution in [0.2, 0.25) is 0 Å². The Labute approximate surface area is 186 Å². The Hall–Kier alpha value is -3.06. The molecule has 1 aromatic carbocycles. The van der Waals surface area contributed by atoms with Crippen molar-refractivity contribution in [3.63, 3.8) is 0 Å². The summed E-state index contributed by atoms with van der Waals surface area (Å²) in [4.78, 5) is 29.2. The molecular formula is C25H29N3O4. The third-order valence-corrected chi connectivity index (χ3v) is 7.44. The molecule has 5 rings (SSSR count). The summed E-state index contributed by atoms with van der Waals surface area (Å²) in [5.74, 6) is -1.82. The number of benzene rings is 1. The predicted octanol–water partition coefficient (Wildman–Crippen LogP) is 3.80. The van der Waals surface area contributed by atoms with E-state index >= 15 is 0 Å². The number of aromatic carboxylic acids is 1. The van der Waals surface area contributed by atoms with E-state index in [1.165, 1.54) is 18.5 Å². The second-order valence-corrected chi connectivity index (χ2v) is 9.79. The minimum absolute atomic E-state index is 0.200. The van der Waals surface area contributed by atoms with Gasteiger partial charge in [0.1, 0.15) is 5.75 Å². The van der Waals surface area contributed by atoms with Gasteiger partial charge < -0.3 is 19.8 Å². The first-order chi connectivity index (χ1) is 15.2. The van der Waals surface area contributed by atoms with Crippen LogP contribution < -0.4 is 5.56 Å². The summed E-state index contributed by atoms with van der Waals surface area (Å²) in [5, 5.41) is 21.0. The number of aromatic hydroxyl groups is 1. The van der Waals surface area contributed by atoms with Crippen LogP contribution in [0.15, 0.2) is 23.0 Å². The van der Waals surface area contributed by atoms with Gasteiger partial charge in [0.15, 0.2) is 5.56 Å². The Balaban J connectivity index is 1.65. The van der Waals surface area contributed by atoms with Crippen molar-refractivity contribution in [2.24, 2.45) is 7.05 Å². The maximum atomic E-state index is 12.4. The summed E-state index contributed by atoms with van der Waals surface area (Å²) in [6.07, 6.45) is 4.50. The number of pyridine rings is 1. The lowest BCUT2D eigenvalue weighted by atomic mass is 9.98. The molecule has 0 spiro atoms. The summed E-state index contributed by atoms with van der Waals surface area (Å²) >= 11 is 0. The molecule has 0 bridgehead atoms. The van der Waals surface area contributed by atoms with Crippen molar-refractivity contribution < 1.29 is 15.0 Å². The largest absolute Gasteiger partial charge is 0.506 e. The number of carboxylic acids is 1. The van der Waals surface area contributed by atoms with Gasteiger partial charge in [-0.3, -0.25) is 9.69 Å². The fraction of sp³-hybridized carbons (Fsp3) is 0.440. The number of hydrogen-bond donors (Lipinski definition) is 3. The van der Waals surface area contributed by atoms with Crippen LogP contribution in [0.4, 0.5) is 0 Å². The van der Waals surface area contributed by atoms with Crippen LogP contribution in [0.3, 0.4) is 0 Å². The molecule has 1 aliphatic heterocycles. The zero-order chi connectivity index (χ0) is 22.8. The predicted molar refractivity (Wildman–Crippen MR) is 123 cm³/mol. The lowest BCUT2D eigenvalue weighted by Gasteiger charge is -2.31. The SMILES string of the molecule is Cn1c(CN2CCCC2(C)C)cc2cc3c(cc21)CCCc1c-3[nH]c(=O)c(C(=O)O)c1O. The number of aryl methyl sites for hydroxylation is 2. The topological polar surface area (TPSA) is 98.6 Å². The second kappa shape index (κ2) is 7.24. The monoisotopic (exact) mass is 435 g/mol. The number of rotatable bonds is 3. The van der Waals surface area contributed by atoms with E-state index in [0.29, 0.717) is 17.7 Å². The van der Waals surface area contributed by atoms with E-state index in [2.05, 4.69) is 53.5 Å². The van der Waals surface area contributed by atoms with Crippen LogP contribution in [-0.4, -0.2) is 42.7 Å². The van der Waals surface area contributed by atoms with Gasteiger partial charge in [-0.1, -0.05) is 0 Å². The highest BCUT2D eigenvalue weighted by atomic mass is 16.4. The first kappa shape index (κ1) is 20.8. The van der Waals surface area contributed by atoms with E-state index in [-0.39, 0.29) is 5.54 Å². The molecule has 3 heterocycles. The van der Waals surface area contributed by atoms with Crippen molar-refractivity contribution in [3.05, 3.63) is 50.9 Å². The molecule has 1 aliphatic carbocycles. The molecule has 7 nitrogen and oxygen atoms in total. The molecule has 2 aromatic heterocycles. The average Bonchev–Trinajstić information content (AvgIpc) is 3.13. The Kier molecular flexibility index (Phi) is 4.71. The smallest absolute Gasteiger partial charge is 0.345 e. The molecule has 0 saturated carbocycles. The number of carbonyl (C=O) groups is 1. The highest BCUT2D eigenvalue weighted by Crippen LogP contribution is 2.39. The van der Waals surface area contributed by atoms with E-state index in [9.17, 15) is 19.8 Å². The molecule has 2 aliphatic rings. The van der Waals surface area contributed by atoms with Crippen molar-refractivity contribution in [2.45, 2.75) is 58.0 Å². The molecule has 1 fully saturated rings. The molecule has 32 heavy (non-hydrogen) atoms. The molecule has 7 heteroatoms. The van der Waals surface area contributed by atoms with E-state index in [4.69, 9.17) is 0 Å². The number of aromatic nitrogens is 2. The molecule has 1 saturated heterocycles. The summed E-state index contributed by atoms with van der Waals surface area (Å²) in [7, 11) is 2.10. The van der Waals surface area contributed by atoms with Gasteiger partial charge in [0, 0.05) is 46.9 Å². The Bertz CT molecular complexity index is 1320. The van der Waals surface area contributed by atoms with E-state index in [1.807, 2.05) is 0 Å². The quantitative estimate of drug-likeness (QED) is 0.581. The molecule has 0 atom stereocenters. The van der Waals surface area contributed by atoms with Gasteiger partial charge in [-0.25, -0.2) is 4.79 Å². The number of H-pyrrole nitrogens is 1. The standard InChI is InChI=1S/C25H29N3O4/c1-25(2)8-5-9-28(25)13-16-10-15-11-18-14(12-19(15)27(16)3)6-4-7-17-21(18)26-23(30)20(22(17)29)24(31)32/h10-12H,4-9,13H2,1-3H3,(H,31,32)(H2,26,29,30). The lowest BCUT2D eigenvalue weighted by molar-refractivity contribution is 0.0691. The number of fused-ring (bicyclic) bond motifs is 4. The third-order valence-electron chi connectivity index (χ3n) is 7.44. The van der Waals surface area contributed by atoms with Crippen molar-refractivity contribution in [1.29, 1.82) is 0 Å². The van der Waals surface area contributed by atoms with E-state index < -0.39 is 22.8 Å². The van der Waals surface area contributed by atoms with Crippen LogP contribution in [0.25, 0.3) is 22.2 Å². The van der Waals surface area contributed by atoms with Crippen LogP contribution in [-0.2, 0) is 26.4 Å². The zero-order valence-corrected chi connectivity index (χ0v) is 18.8. The van der Waals surface area contributed by atoms with Crippen LogP contribution >= 0.6 is 0 Å². The zero-order valence-electron chi connectivity index (χ0n) is 18.8. The first-order valence-corrected chi connectivity index (χ1v) is 11.3. The normalized spacial score (nSPS) is 17.8. The van der Waals surface area contributed by atoms with Gasteiger partial charge in [-0.15, -0.1) is 0 Å². The summed E-state index contributed by atoms with van der Waals surface area (Å²) in [6, 6.07) is 6.46. The van der Waals surface area contributed by atoms with Gasteiger partial charge in [0.2, 0.25) is 0 Å². The van der Waals surface area contributed by atoms with Crippen LogP contribution in [0.5, 0.6) is 5.75 Å². The number of nitrogens with zero attached hydrogens (tertiary/aromatic N) is 2. The van der Waals surface area contributed by atoms with E-state index in [0.717, 1.165) is 48.0 Å². The summed E-state index contributed by atoms with van der Waals surface area (Å²) < 4.78 is 2.25. The van der Waals surface area contributed by atoms with Crippen molar-refractivity contribution in [1.82, 2.24) is 14.5 Å². The van der Waals surface area contributed by atoms with Crippen molar-refractivity contribution in [2.75, 3.05) is 6.54 Å². The fourth-order valence-electron chi connectivity index (χ4n) is 5.48. The first-order valence-electron chi connectivity index (χ1n) is 11.3. The number of hydrogen-bond acceptors (Lipinski definition) is 4. The van der Waals surface area contributed by atoms with Gasteiger partial charge in [0.05, 0.1) is 5.69 Å². The number of aromatic amines is 1. The fourth-order valence-corrected chi connectivity index (χ4v) is 5.48. The average molecular weight is 436 g/mol. The minimum Gasteiger partial charge on any atom is -0.506 e. The maximum Gasteiger partial charge on any atom is 0.345 e. The minimum atomic E-state index is -1.41. The second-order valence-electron chi connectivity index (χ2n) is 9.79. The third kappa shape index (κ3) is 3.14. The number of nitrogens with one attached hydrogen (secondary N) is 1. The summed E-state index contributed by atoms with van der Waals surface area (Å²) in [5.41, 5.74) is 4.26.